The van der Waals surface area contributed by atoms with Gasteiger partial charge in [-0.15, -0.1) is 0 Å². The van der Waals surface area contributed by atoms with Gasteiger partial charge in [0.1, 0.15) is 0 Å². The molecule has 2 aliphatic rings. The van der Waals surface area contributed by atoms with Gasteiger partial charge >= 0.3 is 5.97 Å². The van der Waals surface area contributed by atoms with Crippen molar-refractivity contribution in [1.29, 1.82) is 0 Å². The Labute approximate surface area is 96.2 Å². The van der Waals surface area contributed by atoms with Gasteiger partial charge in [-0.3, -0.25) is 4.90 Å². The highest BCUT2D eigenvalue weighted by atomic mass is 16.5. The lowest BCUT2D eigenvalue weighted by atomic mass is 10.2. The van der Waals surface area contributed by atoms with E-state index in [1.165, 1.54) is 18.9 Å². The highest BCUT2D eigenvalue weighted by Crippen LogP contribution is 2.25. The molecule has 0 saturated carbocycles. The van der Waals surface area contributed by atoms with Crippen LogP contribution in [0.5, 0.6) is 0 Å². The van der Waals surface area contributed by atoms with Gasteiger partial charge in [0, 0.05) is 25.7 Å². The maximum absolute atomic E-state index is 11.1. The fourth-order valence-corrected chi connectivity index (χ4v) is 2.34. The molecule has 16 heavy (non-hydrogen) atoms. The molecule has 0 radical (unpaired) electrons. The Morgan fingerprint density at radius 3 is 2.75 bits per heavy atom. The number of carbonyl (C=O) groups is 1. The molecule has 2 fully saturated rings. The van der Waals surface area contributed by atoms with Gasteiger partial charge in [0.15, 0.2) is 0 Å². The maximum atomic E-state index is 11.1. The molecule has 2 bridgehead atoms. The number of nitrogens with zero attached hydrogens (tertiary/aromatic N) is 1. The molecule has 2 rings (SSSR count). The molecular formula is C12H19NO3. The lowest BCUT2D eigenvalue weighted by Gasteiger charge is -2.31. The molecule has 4 heteroatoms. The van der Waals surface area contributed by atoms with E-state index in [4.69, 9.17) is 9.47 Å². The van der Waals surface area contributed by atoms with Gasteiger partial charge in [-0.2, -0.15) is 0 Å². The van der Waals surface area contributed by atoms with Crippen LogP contribution < -0.4 is 0 Å². The molecule has 4 nitrogen and oxygen atoms in total. The van der Waals surface area contributed by atoms with Crippen molar-refractivity contribution in [1.82, 2.24) is 4.90 Å². The minimum Gasteiger partial charge on any atom is -0.463 e. The molecular weight excluding hydrogens is 206 g/mol. The van der Waals surface area contributed by atoms with Crippen molar-refractivity contribution in [2.75, 3.05) is 26.2 Å². The van der Waals surface area contributed by atoms with Crippen molar-refractivity contribution in [2.24, 2.45) is 0 Å². The summed E-state index contributed by atoms with van der Waals surface area (Å²) in [6, 6.07) is 0. The number of hydrogen-bond donors (Lipinski definition) is 0. The second-order valence-electron chi connectivity index (χ2n) is 4.33. The van der Waals surface area contributed by atoms with Gasteiger partial charge in [0.05, 0.1) is 18.8 Å². The summed E-state index contributed by atoms with van der Waals surface area (Å²) in [5.41, 5.74) is 0. The van der Waals surface area contributed by atoms with E-state index in [0.29, 0.717) is 18.8 Å². The molecule has 90 valence electrons. The molecule has 0 amide bonds. The molecule has 0 spiro atoms. The lowest BCUT2D eigenvalue weighted by molar-refractivity contribution is -0.137. The van der Waals surface area contributed by atoms with E-state index in [-0.39, 0.29) is 5.97 Å². The zero-order valence-electron chi connectivity index (χ0n) is 9.72. The standard InChI is InChI=1S/C12H19NO3/c1-2-15-12(14)4-3-7-13-8-10-5-6-11(9-13)16-10/h3-4,10-11H,2,5-9H2,1H3/b4-3+. The third-order valence-corrected chi connectivity index (χ3v) is 3.02. The van der Waals surface area contributed by atoms with E-state index in [1.54, 1.807) is 0 Å². The predicted octanol–water partition coefficient (Wildman–Crippen LogP) is 0.969. The van der Waals surface area contributed by atoms with Gasteiger partial charge < -0.3 is 9.47 Å². The van der Waals surface area contributed by atoms with Crippen LogP contribution in [0.1, 0.15) is 19.8 Å². The van der Waals surface area contributed by atoms with Crippen LogP contribution in [0.4, 0.5) is 0 Å². The number of rotatable bonds is 4. The summed E-state index contributed by atoms with van der Waals surface area (Å²) in [7, 11) is 0. The molecule has 0 aromatic rings. The summed E-state index contributed by atoms with van der Waals surface area (Å²) < 4.78 is 10.6. The van der Waals surface area contributed by atoms with Gasteiger partial charge in [0.25, 0.3) is 0 Å². The Balaban J connectivity index is 1.72. The molecule has 2 saturated heterocycles. The van der Waals surface area contributed by atoms with Crippen LogP contribution in [0.2, 0.25) is 0 Å². The monoisotopic (exact) mass is 225 g/mol. The van der Waals surface area contributed by atoms with Gasteiger partial charge in [0.2, 0.25) is 0 Å². The van der Waals surface area contributed by atoms with Crippen molar-refractivity contribution in [3.8, 4) is 0 Å². The normalized spacial score (nSPS) is 29.8. The van der Waals surface area contributed by atoms with E-state index in [1.807, 2.05) is 13.0 Å². The highest BCUT2D eigenvalue weighted by molar-refractivity contribution is 5.81. The second-order valence-corrected chi connectivity index (χ2v) is 4.33. The van der Waals surface area contributed by atoms with Crippen LogP contribution in [0, 0.1) is 0 Å². The summed E-state index contributed by atoms with van der Waals surface area (Å²) >= 11 is 0. The molecule has 2 heterocycles. The van der Waals surface area contributed by atoms with Crippen molar-refractivity contribution >= 4 is 5.97 Å². The zero-order valence-corrected chi connectivity index (χ0v) is 9.72. The Morgan fingerprint density at radius 1 is 1.44 bits per heavy atom. The van der Waals surface area contributed by atoms with E-state index in [9.17, 15) is 4.79 Å². The average molecular weight is 225 g/mol. The van der Waals surface area contributed by atoms with E-state index in [0.717, 1.165) is 19.6 Å². The summed E-state index contributed by atoms with van der Waals surface area (Å²) in [5, 5.41) is 0. The maximum Gasteiger partial charge on any atom is 0.330 e. The van der Waals surface area contributed by atoms with E-state index < -0.39 is 0 Å². The van der Waals surface area contributed by atoms with E-state index in [2.05, 4.69) is 4.90 Å². The minimum atomic E-state index is -0.251. The van der Waals surface area contributed by atoms with E-state index >= 15 is 0 Å². The summed E-state index contributed by atoms with van der Waals surface area (Å²) in [5.74, 6) is -0.251. The molecule has 2 unspecified atom stereocenters. The van der Waals surface area contributed by atoms with Crippen molar-refractivity contribution < 1.29 is 14.3 Å². The quantitative estimate of drug-likeness (QED) is 0.528. The minimum absolute atomic E-state index is 0.251. The number of esters is 1. The summed E-state index contributed by atoms with van der Waals surface area (Å²) in [6.45, 7) is 5.04. The first kappa shape index (κ1) is 11.6. The number of fused-ring (bicyclic) bond motifs is 2. The molecule has 0 aliphatic carbocycles. The number of likely N-dealkylation sites (tertiary alicyclic amines) is 1. The third kappa shape index (κ3) is 3.06. The Bertz CT molecular complexity index is 265. The summed E-state index contributed by atoms with van der Waals surface area (Å²) in [4.78, 5) is 13.4. The molecule has 2 atom stereocenters. The largest absolute Gasteiger partial charge is 0.463 e. The molecule has 0 aromatic carbocycles. The van der Waals surface area contributed by atoms with Crippen LogP contribution in [-0.4, -0.2) is 49.3 Å². The summed E-state index contributed by atoms with van der Waals surface area (Å²) in [6.07, 6.45) is 6.58. The molecule has 0 N–H and O–H groups in total. The highest BCUT2D eigenvalue weighted by Gasteiger charge is 2.32. The molecule has 2 aliphatic heterocycles. The first-order valence-corrected chi connectivity index (χ1v) is 5.99. The van der Waals surface area contributed by atoms with Gasteiger partial charge in [-0.05, 0) is 19.8 Å². The number of morpholine rings is 1. The smallest absolute Gasteiger partial charge is 0.330 e. The predicted molar refractivity (Wildman–Crippen MR) is 60.1 cm³/mol. The van der Waals surface area contributed by atoms with Crippen LogP contribution >= 0.6 is 0 Å². The Hall–Kier alpha value is -0.870. The Morgan fingerprint density at radius 2 is 2.12 bits per heavy atom. The third-order valence-electron chi connectivity index (χ3n) is 3.02. The van der Waals surface area contributed by atoms with Gasteiger partial charge in [-0.25, -0.2) is 4.79 Å². The molecule has 0 aromatic heterocycles. The topological polar surface area (TPSA) is 38.8 Å². The van der Waals surface area contributed by atoms with Crippen LogP contribution in [-0.2, 0) is 14.3 Å². The van der Waals surface area contributed by atoms with Crippen molar-refractivity contribution in [3.05, 3.63) is 12.2 Å². The zero-order chi connectivity index (χ0) is 11.4. The van der Waals surface area contributed by atoms with Crippen molar-refractivity contribution in [2.45, 2.75) is 32.0 Å². The first-order chi connectivity index (χ1) is 7.78. The fourth-order valence-electron chi connectivity index (χ4n) is 2.34. The van der Waals surface area contributed by atoms with Gasteiger partial charge in [-0.1, -0.05) is 6.08 Å². The van der Waals surface area contributed by atoms with Crippen molar-refractivity contribution in [3.63, 3.8) is 0 Å². The average Bonchev–Trinajstić information content (AvgIpc) is 2.59. The second kappa shape index (κ2) is 5.46. The number of carbonyl (C=O) groups excluding carboxylic acids is 1. The van der Waals surface area contributed by atoms with Crippen LogP contribution in [0.15, 0.2) is 12.2 Å². The number of ether oxygens (including phenoxy) is 2. The number of hydrogen-bond acceptors (Lipinski definition) is 4. The fraction of sp³-hybridized carbons (Fsp3) is 0.750. The van der Waals surface area contributed by atoms with Crippen LogP contribution in [0.25, 0.3) is 0 Å². The SMILES string of the molecule is CCOC(=O)/C=C/CN1CC2CCC(C1)O2. The lowest BCUT2D eigenvalue weighted by Crippen LogP contribution is -2.42. The van der Waals surface area contributed by atoms with Crippen LogP contribution in [0.3, 0.4) is 0 Å². The Kier molecular flexibility index (Phi) is 3.96. The first-order valence-electron chi connectivity index (χ1n) is 5.99.